The molecule has 2 nitrogen and oxygen atoms in total. The maximum Gasteiger partial charge on any atom is 0.157 e. The minimum Gasteiger partial charge on any atom is -0.493 e. The van der Waals surface area contributed by atoms with E-state index in [9.17, 15) is 8.78 Å². The third-order valence-corrected chi connectivity index (χ3v) is 2.68. The molecule has 0 atom stereocenters. The standard InChI is InChI=1S/C14H14F2O2/c1-17-13-4-2-3-5-14(13)18-9-10-8-11(15)6-7-12(10)16/h4-8H,2-3,9H2,1H3. The Morgan fingerprint density at radius 1 is 1.11 bits per heavy atom. The van der Waals surface area contributed by atoms with Crippen molar-refractivity contribution in [3.8, 4) is 0 Å². The topological polar surface area (TPSA) is 18.5 Å². The fourth-order valence-electron chi connectivity index (χ4n) is 1.75. The Morgan fingerprint density at radius 2 is 1.83 bits per heavy atom. The molecule has 0 radical (unpaired) electrons. The van der Waals surface area contributed by atoms with Gasteiger partial charge >= 0.3 is 0 Å². The van der Waals surface area contributed by atoms with Gasteiger partial charge in [-0.3, -0.25) is 0 Å². The Morgan fingerprint density at radius 3 is 2.56 bits per heavy atom. The van der Waals surface area contributed by atoms with Crippen molar-refractivity contribution < 1.29 is 18.3 Å². The number of hydrogen-bond acceptors (Lipinski definition) is 2. The lowest BCUT2D eigenvalue weighted by Crippen LogP contribution is -2.03. The minimum absolute atomic E-state index is 0.0177. The molecule has 0 amide bonds. The van der Waals surface area contributed by atoms with Crippen LogP contribution in [0.15, 0.2) is 41.9 Å². The van der Waals surface area contributed by atoms with Crippen LogP contribution in [-0.2, 0) is 16.1 Å². The SMILES string of the molecule is COC1=CCCC=C1OCc1cc(F)ccc1F. The van der Waals surface area contributed by atoms with Gasteiger partial charge < -0.3 is 9.47 Å². The lowest BCUT2D eigenvalue weighted by molar-refractivity contribution is 0.160. The first-order valence-corrected chi connectivity index (χ1v) is 5.72. The van der Waals surface area contributed by atoms with E-state index in [-0.39, 0.29) is 12.2 Å². The Balaban J connectivity index is 2.05. The second kappa shape index (κ2) is 5.67. The lowest BCUT2D eigenvalue weighted by Gasteiger charge is -2.16. The van der Waals surface area contributed by atoms with E-state index < -0.39 is 11.6 Å². The summed E-state index contributed by atoms with van der Waals surface area (Å²) in [5.74, 6) is 0.261. The minimum atomic E-state index is -0.477. The first-order chi connectivity index (χ1) is 8.70. The first-order valence-electron chi connectivity index (χ1n) is 5.72. The summed E-state index contributed by atoms with van der Waals surface area (Å²) in [6.07, 6.45) is 5.55. The van der Waals surface area contributed by atoms with Gasteiger partial charge in [0.25, 0.3) is 0 Å². The molecule has 0 N–H and O–H groups in total. The summed E-state index contributed by atoms with van der Waals surface area (Å²) in [7, 11) is 1.55. The highest BCUT2D eigenvalue weighted by Gasteiger charge is 2.12. The number of allylic oxidation sites excluding steroid dienone is 2. The van der Waals surface area contributed by atoms with Crippen LogP contribution in [0, 0.1) is 11.6 Å². The highest BCUT2D eigenvalue weighted by Crippen LogP contribution is 2.22. The summed E-state index contributed by atoms with van der Waals surface area (Å²) in [6, 6.07) is 3.31. The van der Waals surface area contributed by atoms with Crippen LogP contribution in [0.1, 0.15) is 18.4 Å². The van der Waals surface area contributed by atoms with Crippen molar-refractivity contribution in [3.05, 3.63) is 59.1 Å². The molecule has 0 saturated heterocycles. The normalized spacial score (nSPS) is 14.8. The van der Waals surface area contributed by atoms with Crippen LogP contribution in [0.4, 0.5) is 8.78 Å². The molecule has 1 aliphatic rings. The highest BCUT2D eigenvalue weighted by molar-refractivity contribution is 5.24. The second-order valence-electron chi connectivity index (χ2n) is 3.94. The Hall–Kier alpha value is -1.84. The molecule has 18 heavy (non-hydrogen) atoms. The molecule has 1 aromatic rings. The Labute approximate surface area is 105 Å². The van der Waals surface area contributed by atoms with Gasteiger partial charge in [-0.1, -0.05) is 0 Å². The van der Waals surface area contributed by atoms with Gasteiger partial charge in [0.05, 0.1) is 7.11 Å². The number of methoxy groups -OCH3 is 1. The molecule has 4 heteroatoms. The van der Waals surface area contributed by atoms with Crippen LogP contribution in [0.25, 0.3) is 0 Å². The predicted octanol–water partition coefficient (Wildman–Crippen LogP) is 3.69. The molecule has 0 bridgehead atoms. The molecule has 0 heterocycles. The van der Waals surface area contributed by atoms with Gasteiger partial charge in [0.15, 0.2) is 11.5 Å². The summed E-state index contributed by atoms with van der Waals surface area (Å²) in [6.45, 7) is -0.0177. The summed E-state index contributed by atoms with van der Waals surface area (Å²) in [4.78, 5) is 0. The first kappa shape index (κ1) is 12.6. The Bertz CT molecular complexity index is 493. The third kappa shape index (κ3) is 2.88. The quantitative estimate of drug-likeness (QED) is 0.813. The Kier molecular flexibility index (Phi) is 3.97. The molecular formula is C14H14F2O2. The smallest absolute Gasteiger partial charge is 0.157 e. The van der Waals surface area contributed by atoms with Crippen molar-refractivity contribution in [1.29, 1.82) is 0 Å². The van der Waals surface area contributed by atoms with Crippen LogP contribution in [0.5, 0.6) is 0 Å². The largest absolute Gasteiger partial charge is 0.493 e. The van der Waals surface area contributed by atoms with Crippen LogP contribution in [0.3, 0.4) is 0 Å². The van der Waals surface area contributed by atoms with E-state index in [2.05, 4.69) is 0 Å². The zero-order valence-electron chi connectivity index (χ0n) is 10.1. The molecular weight excluding hydrogens is 238 g/mol. The van der Waals surface area contributed by atoms with E-state index in [0.717, 1.165) is 31.0 Å². The van der Waals surface area contributed by atoms with Crippen molar-refractivity contribution in [2.45, 2.75) is 19.4 Å². The monoisotopic (exact) mass is 252 g/mol. The van der Waals surface area contributed by atoms with Gasteiger partial charge in [-0.25, -0.2) is 8.78 Å². The van der Waals surface area contributed by atoms with Crippen molar-refractivity contribution in [2.75, 3.05) is 7.11 Å². The number of rotatable bonds is 4. The number of benzene rings is 1. The van der Waals surface area contributed by atoms with Crippen molar-refractivity contribution >= 4 is 0 Å². The number of ether oxygens (including phenoxy) is 2. The second-order valence-corrected chi connectivity index (χ2v) is 3.94. The third-order valence-electron chi connectivity index (χ3n) is 2.68. The fraction of sp³-hybridized carbons (Fsp3) is 0.286. The summed E-state index contributed by atoms with van der Waals surface area (Å²) >= 11 is 0. The predicted molar refractivity (Wildman–Crippen MR) is 63.6 cm³/mol. The molecule has 0 fully saturated rings. The highest BCUT2D eigenvalue weighted by atomic mass is 19.1. The zero-order chi connectivity index (χ0) is 13.0. The maximum absolute atomic E-state index is 13.4. The molecule has 0 saturated carbocycles. The van der Waals surface area contributed by atoms with E-state index in [1.165, 1.54) is 0 Å². The number of hydrogen-bond donors (Lipinski definition) is 0. The average Bonchev–Trinajstić information content (AvgIpc) is 2.40. The van der Waals surface area contributed by atoms with Crippen LogP contribution in [-0.4, -0.2) is 7.11 Å². The van der Waals surface area contributed by atoms with Gasteiger partial charge in [-0.2, -0.15) is 0 Å². The van der Waals surface area contributed by atoms with Crippen molar-refractivity contribution in [2.24, 2.45) is 0 Å². The average molecular weight is 252 g/mol. The van der Waals surface area contributed by atoms with Gasteiger partial charge in [-0.05, 0) is 43.2 Å². The fourth-order valence-corrected chi connectivity index (χ4v) is 1.75. The zero-order valence-corrected chi connectivity index (χ0v) is 10.1. The lowest BCUT2D eigenvalue weighted by atomic mass is 10.1. The van der Waals surface area contributed by atoms with Crippen molar-refractivity contribution in [3.63, 3.8) is 0 Å². The van der Waals surface area contributed by atoms with Crippen LogP contribution < -0.4 is 0 Å². The van der Waals surface area contributed by atoms with Crippen LogP contribution >= 0.6 is 0 Å². The van der Waals surface area contributed by atoms with Gasteiger partial charge in [0.2, 0.25) is 0 Å². The molecule has 96 valence electrons. The summed E-state index contributed by atoms with van der Waals surface area (Å²) in [5.41, 5.74) is 0.192. The summed E-state index contributed by atoms with van der Waals surface area (Å²) < 4.78 is 37.0. The van der Waals surface area contributed by atoms with E-state index in [1.807, 2.05) is 12.2 Å². The van der Waals surface area contributed by atoms with E-state index in [1.54, 1.807) is 7.11 Å². The van der Waals surface area contributed by atoms with Gasteiger partial charge in [-0.15, -0.1) is 0 Å². The molecule has 1 aliphatic carbocycles. The molecule has 2 rings (SSSR count). The van der Waals surface area contributed by atoms with E-state index >= 15 is 0 Å². The summed E-state index contributed by atoms with van der Waals surface area (Å²) in [5, 5.41) is 0. The molecule has 0 spiro atoms. The number of halogens is 2. The molecule has 0 aliphatic heterocycles. The van der Waals surface area contributed by atoms with Crippen LogP contribution in [0.2, 0.25) is 0 Å². The molecule has 1 aromatic carbocycles. The maximum atomic E-state index is 13.4. The van der Waals surface area contributed by atoms with E-state index in [4.69, 9.17) is 9.47 Å². The van der Waals surface area contributed by atoms with Gasteiger partial charge in [0, 0.05) is 5.56 Å². The van der Waals surface area contributed by atoms with Gasteiger partial charge in [0.1, 0.15) is 18.2 Å². The molecule has 0 unspecified atom stereocenters. The van der Waals surface area contributed by atoms with Crippen molar-refractivity contribution in [1.82, 2.24) is 0 Å². The van der Waals surface area contributed by atoms with E-state index in [0.29, 0.717) is 11.5 Å². The molecule has 0 aromatic heterocycles.